The molecule has 0 aliphatic heterocycles. The summed E-state index contributed by atoms with van der Waals surface area (Å²) in [4.78, 5) is 8.36. The molecular formula is C32H28N6O6S2Zn. The van der Waals surface area contributed by atoms with Gasteiger partial charge in [-0.15, -0.1) is 0 Å². The molecule has 6 aromatic rings. The van der Waals surface area contributed by atoms with Crippen LogP contribution in [0.3, 0.4) is 0 Å². The summed E-state index contributed by atoms with van der Waals surface area (Å²) in [5.41, 5.74) is 4.25. The van der Waals surface area contributed by atoms with Gasteiger partial charge in [0.2, 0.25) is 20.0 Å². The zero-order valence-electron chi connectivity index (χ0n) is 24.8. The van der Waals surface area contributed by atoms with Crippen LogP contribution in [0.1, 0.15) is 11.1 Å². The van der Waals surface area contributed by atoms with Crippen molar-refractivity contribution in [1.29, 1.82) is 0 Å². The Labute approximate surface area is 284 Å². The van der Waals surface area contributed by atoms with Gasteiger partial charge in [-0.1, -0.05) is 47.9 Å². The molecule has 236 valence electrons. The van der Waals surface area contributed by atoms with Crippen molar-refractivity contribution in [1.82, 2.24) is 9.97 Å². The Balaban J connectivity index is 0.000000208. The minimum Gasteiger partial charge on any atom is -0.871 e. The van der Waals surface area contributed by atoms with Crippen LogP contribution < -0.4 is 31.1 Å². The average molecular weight is 722 g/mol. The summed E-state index contributed by atoms with van der Waals surface area (Å²) in [6, 6.07) is 26.1. The summed E-state index contributed by atoms with van der Waals surface area (Å²) in [7, 11) is -7.38. The number of pyridine rings is 2. The molecule has 0 atom stereocenters. The van der Waals surface area contributed by atoms with E-state index in [1.807, 2.05) is 12.1 Å². The minimum absolute atomic E-state index is 0. The van der Waals surface area contributed by atoms with Crippen molar-refractivity contribution in [2.75, 3.05) is 10.6 Å². The molecule has 4 aromatic carbocycles. The molecule has 0 saturated heterocycles. The van der Waals surface area contributed by atoms with Crippen molar-refractivity contribution in [3.8, 4) is 11.5 Å². The van der Waals surface area contributed by atoms with Crippen LogP contribution in [0, 0.1) is 0 Å². The Bertz CT molecular complexity index is 2080. The van der Waals surface area contributed by atoms with Crippen LogP contribution in [0.4, 0.5) is 11.4 Å². The summed E-state index contributed by atoms with van der Waals surface area (Å²) >= 11 is 0. The molecule has 0 fully saturated rings. The third-order valence-electron chi connectivity index (χ3n) is 6.98. The third-order valence-corrected chi connectivity index (χ3v) is 8.84. The SMILES string of the molecule is NS(=O)(=O)c1ccc(NCc2ccc([O-])c3ncccc23)cc1.NS(=O)(=O)c1ccc(NCc2ccc([O-])c3ncccc23)cc1.[Zn+2]. The number of aromatic nitrogens is 2. The molecule has 0 aliphatic rings. The Hall–Kier alpha value is -4.66. The number of fused-ring (bicyclic) bond motifs is 2. The zero-order chi connectivity index (χ0) is 32.9. The van der Waals surface area contributed by atoms with Gasteiger partial charge in [-0.3, -0.25) is 9.97 Å². The van der Waals surface area contributed by atoms with Gasteiger partial charge >= 0.3 is 19.5 Å². The molecule has 0 radical (unpaired) electrons. The topological polar surface area (TPSA) is 216 Å². The minimum atomic E-state index is -3.69. The van der Waals surface area contributed by atoms with Crippen molar-refractivity contribution in [3.05, 3.63) is 121 Å². The van der Waals surface area contributed by atoms with Crippen LogP contribution in [0.25, 0.3) is 21.8 Å². The third kappa shape index (κ3) is 8.79. The van der Waals surface area contributed by atoms with E-state index < -0.39 is 20.0 Å². The number of nitrogens with zero attached hydrogens (tertiary/aromatic N) is 2. The van der Waals surface area contributed by atoms with Gasteiger partial charge in [0.25, 0.3) is 0 Å². The van der Waals surface area contributed by atoms with Crippen molar-refractivity contribution in [2.24, 2.45) is 10.3 Å². The first-order chi connectivity index (χ1) is 21.9. The van der Waals surface area contributed by atoms with Crippen LogP contribution in [-0.2, 0) is 52.6 Å². The largest absolute Gasteiger partial charge is 2.00 e. The van der Waals surface area contributed by atoms with Gasteiger partial charge in [-0.05, 0) is 71.8 Å². The zero-order valence-corrected chi connectivity index (χ0v) is 29.4. The second kappa shape index (κ2) is 14.8. The molecule has 0 unspecified atom stereocenters. The van der Waals surface area contributed by atoms with E-state index in [-0.39, 0.29) is 40.8 Å². The number of nitrogens with two attached hydrogens (primary N) is 2. The van der Waals surface area contributed by atoms with Gasteiger partial charge < -0.3 is 20.8 Å². The number of rotatable bonds is 8. The van der Waals surface area contributed by atoms with E-state index in [9.17, 15) is 27.0 Å². The molecule has 0 spiro atoms. The predicted octanol–water partition coefficient (Wildman–Crippen LogP) is 3.13. The molecule has 47 heavy (non-hydrogen) atoms. The Morgan fingerprint density at radius 3 is 1.26 bits per heavy atom. The fourth-order valence-electron chi connectivity index (χ4n) is 4.64. The van der Waals surface area contributed by atoms with Gasteiger partial charge in [0.15, 0.2) is 0 Å². The normalized spacial score (nSPS) is 11.3. The van der Waals surface area contributed by atoms with Gasteiger partial charge in [0.05, 0.1) is 20.8 Å². The number of hydrogen-bond donors (Lipinski definition) is 4. The van der Waals surface area contributed by atoms with E-state index in [1.54, 1.807) is 60.9 Å². The standard InChI is InChI=1S/2C16H15N3O3S.Zn/c2*17-23(21,22)13-6-4-12(5-7-13)19-10-11-3-8-15(20)16-14(11)2-1-9-18-16;/h2*1-9,19-20H,10H2,(H2,17,21,22);/q;;+2/p-2. The fraction of sp³-hybridized carbons (Fsp3) is 0.0625. The van der Waals surface area contributed by atoms with Crippen LogP contribution in [0.2, 0.25) is 0 Å². The second-order valence-corrected chi connectivity index (χ2v) is 13.2. The molecule has 0 amide bonds. The van der Waals surface area contributed by atoms with Gasteiger partial charge in [0, 0.05) is 47.6 Å². The van der Waals surface area contributed by atoms with E-state index in [2.05, 4.69) is 20.6 Å². The number of hydrogen-bond acceptors (Lipinski definition) is 10. The van der Waals surface area contributed by atoms with Crippen LogP contribution in [0.15, 0.2) is 119 Å². The maximum absolute atomic E-state index is 11.8. The number of anilines is 2. The molecule has 6 rings (SSSR count). The smallest absolute Gasteiger partial charge is 0.871 e. The number of primary sulfonamides is 2. The van der Waals surface area contributed by atoms with E-state index in [0.29, 0.717) is 24.1 Å². The molecule has 2 heterocycles. The van der Waals surface area contributed by atoms with Gasteiger partial charge in [-0.2, -0.15) is 0 Å². The van der Waals surface area contributed by atoms with Gasteiger partial charge in [0.1, 0.15) is 0 Å². The van der Waals surface area contributed by atoms with E-state index in [0.717, 1.165) is 33.3 Å². The number of benzene rings is 4. The first-order valence-electron chi connectivity index (χ1n) is 13.7. The Morgan fingerprint density at radius 1 is 0.553 bits per heavy atom. The summed E-state index contributed by atoms with van der Waals surface area (Å²) in [6.07, 6.45) is 3.18. The first kappa shape index (κ1) is 35.2. The summed E-state index contributed by atoms with van der Waals surface area (Å²) < 4.78 is 44.9. The van der Waals surface area contributed by atoms with Crippen molar-refractivity contribution in [2.45, 2.75) is 22.9 Å². The summed E-state index contributed by atoms with van der Waals surface area (Å²) in [5, 5.41) is 41.7. The molecule has 0 saturated carbocycles. The molecule has 0 bridgehead atoms. The maximum atomic E-state index is 11.8. The number of nitrogens with one attached hydrogen (secondary N) is 2. The molecule has 12 nitrogen and oxygen atoms in total. The molecule has 0 aliphatic carbocycles. The predicted molar refractivity (Wildman–Crippen MR) is 173 cm³/mol. The van der Waals surface area contributed by atoms with E-state index in [4.69, 9.17) is 10.3 Å². The molecule has 2 aromatic heterocycles. The van der Waals surface area contributed by atoms with Crippen LogP contribution in [0.5, 0.6) is 11.5 Å². The Morgan fingerprint density at radius 2 is 0.915 bits per heavy atom. The van der Waals surface area contributed by atoms with E-state index in [1.165, 1.54) is 36.4 Å². The fourth-order valence-corrected chi connectivity index (χ4v) is 5.67. The summed E-state index contributed by atoms with van der Waals surface area (Å²) in [5.74, 6) is -0.219. The van der Waals surface area contributed by atoms with Crippen molar-refractivity contribution >= 4 is 53.2 Å². The monoisotopic (exact) mass is 720 g/mol. The van der Waals surface area contributed by atoms with Gasteiger partial charge in [-0.25, -0.2) is 27.1 Å². The maximum Gasteiger partial charge on any atom is 2.00 e. The Kier molecular flexibility index (Phi) is 11.1. The van der Waals surface area contributed by atoms with Crippen LogP contribution in [-0.4, -0.2) is 26.8 Å². The van der Waals surface area contributed by atoms with Crippen LogP contribution >= 0.6 is 0 Å². The quantitative estimate of drug-likeness (QED) is 0.168. The van der Waals surface area contributed by atoms with Crippen molar-refractivity contribution < 1.29 is 46.5 Å². The second-order valence-electron chi connectivity index (χ2n) is 10.1. The first-order valence-corrected chi connectivity index (χ1v) is 16.8. The number of sulfonamides is 2. The van der Waals surface area contributed by atoms with E-state index >= 15 is 0 Å². The molecule has 15 heteroatoms. The summed E-state index contributed by atoms with van der Waals surface area (Å²) in [6.45, 7) is 0.967. The molecule has 6 N–H and O–H groups in total. The van der Waals surface area contributed by atoms with Crippen molar-refractivity contribution in [3.63, 3.8) is 0 Å². The average Bonchev–Trinajstić information content (AvgIpc) is 3.04. The molecular weight excluding hydrogens is 694 g/mol.